The van der Waals surface area contributed by atoms with E-state index >= 15 is 0 Å². The number of carbonyl (C=O) groups is 4. The predicted octanol–water partition coefficient (Wildman–Crippen LogP) is 1.08. The number of carboxylic acids is 1. The lowest BCUT2D eigenvalue weighted by atomic mass is 10.1. The van der Waals surface area contributed by atoms with Gasteiger partial charge in [0.2, 0.25) is 0 Å². The van der Waals surface area contributed by atoms with E-state index in [1.807, 2.05) is 0 Å². The molecule has 2 rings (SSSR count). The van der Waals surface area contributed by atoms with E-state index in [2.05, 4.69) is 10.4 Å². The third-order valence-electron chi connectivity index (χ3n) is 3.53. The smallest absolute Gasteiger partial charge is 0.341 e. The molecule has 10 nitrogen and oxygen atoms in total. The summed E-state index contributed by atoms with van der Waals surface area (Å²) in [6.07, 6.45) is 1.35. The molecule has 0 saturated carbocycles. The van der Waals surface area contributed by atoms with Crippen LogP contribution in [0, 0.1) is 6.92 Å². The molecule has 2 heterocycles. The number of ether oxygens (including phenoxy) is 1. The molecular weight excluding hydrogens is 376 g/mol. The molecule has 0 radical (unpaired) electrons. The number of rotatable bonds is 6. The zero-order chi connectivity index (χ0) is 20.3. The second-order valence-electron chi connectivity index (χ2n) is 5.70. The van der Waals surface area contributed by atoms with Crippen molar-refractivity contribution in [1.82, 2.24) is 14.7 Å². The maximum Gasteiger partial charge on any atom is 0.341 e. The van der Waals surface area contributed by atoms with Crippen LogP contribution in [0.25, 0.3) is 0 Å². The Bertz CT molecular complexity index is 914. The Hall–Kier alpha value is -3.21. The van der Waals surface area contributed by atoms with Crippen LogP contribution in [0.5, 0.6) is 0 Å². The summed E-state index contributed by atoms with van der Waals surface area (Å²) in [7, 11) is 4.35. The Balaban J connectivity index is 2.36. The molecule has 11 heteroatoms. The van der Waals surface area contributed by atoms with E-state index in [1.54, 1.807) is 21.0 Å². The Morgan fingerprint density at radius 3 is 2.56 bits per heavy atom. The molecule has 0 unspecified atom stereocenters. The molecule has 0 atom stereocenters. The lowest BCUT2D eigenvalue weighted by Crippen LogP contribution is -2.21. The summed E-state index contributed by atoms with van der Waals surface area (Å²) in [6.45, 7) is 1.21. The van der Waals surface area contributed by atoms with Crippen molar-refractivity contribution in [2.24, 2.45) is 0 Å². The highest BCUT2D eigenvalue weighted by molar-refractivity contribution is 7.18. The molecule has 0 aromatic carbocycles. The van der Waals surface area contributed by atoms with Crippen molar-refractivity contribution in [2.45, 2.75) is 13.5 Å². The lowest BCUT2D eigenvalue weighted by Gasteiger charge is -2.08. The number of thiophene rings is 1. The van der Waals surface area contributed by atoms with Crippen LogP contribution in [-0.4, -0.2) is 64.7 Å². The fraction of sp³-hybridized carbons (Fsp3) is 0.312. The number of nitrogens with one attached hydrogen (secondary N) is 1. The summed E-state index contributed by atoms with van der Waals surface area (Å²) >= 11 is 0.954. The lowest BCUT2D eigenvalue weighted by molar-refractivity contribution is -0.137. The van der Waals surface area contributed by atoms with Crippen molar-refractivity contribution < 1.29 is 29.0 Å². The first kappa shape index (κ1) is 20.1. The van der Waals surface area contributed by atoms with E-state index in [0.29, 0.717) is 10.4 Å². The van der Waals surface area contributed by atoms with Crippen LogP contribution in [0.15, 0.2) is 12.3 Å². The molecule has 0 saturated heterocycles. The normalized spacial score (nSPS) is 10.4. The van der Waals surface area contributed by atoms with Crippen molar-refractivity contribution in [3.63, 3.8) is 0 Å². The Morgan fingerprint density at radius 1 is 1.33 bits per heavy atom. The summed E-state index contributed by atoms with van der Waals surface area (Å²) in [6, 6.07) is 1.35. The van der Waals surface area contributed by atoms with Crippen LogP contribution < -0.4 is 5.32 Å². The summed E-state index contributed by atoms with van der Waals surface area (Å²) in [5, 5.41) is 15.3. The van der Waals surface area contributed by atoms with Crippen LogP contribution in [-0.2, 0) is 16.1 Å². The average molecular weight is 394 g/mol. The minimum absolute atomic E-state index is 0.0291. The van der Waals surface area contributed by atoms with E-state index < -0.39 is 17.8 Å². The van der Waals surface area contributed by atoms with Gasteiger partial charge in [0.1, 0.15) is 11.5 Å². The minimum atomic E-state index is -1.10. The van der Waals surface area contributed by atoms with Gasteiger partial charge >= 0.3 is 11.9 Å². The van der Waals surface area contributed by atoms with Gasteiger partial charge in [-0.2, -0.15) is 5.10 Å². The molecular formula is C16H18N4O6S. The highest BCUT2D eigenvalue weighted by atomic mass is 32.1. The Labute approximate surface area is 158 Å². The van der Waals surface area contributed by atoms with Gasteiger partial charge in [-0.15, -0.1) is 11.3 Å². The van der Waals surface area contributed by atoms with E-state index in [1.165, 1.54) is 24.3 Å². The predicted molar refractivity (Wildman–Crippen MR) is 96.2 cm³/mol. The number of hydrogen-bond acceptors (Lipinski definition) is 7. The van der Waals surface area contributed by atoms with Gasteiger partial charge in [-0.3, -0.25) is 19.1 Å². The zero-order valence-corrected chi connectivity index (χ0v) is 15.9. The first-order valence-electron chi connectivity index (χ1n) is 7.65. The van der Waals surface area contributed by atoms with Crippen LogP contribution >= 0.6 is 11.3 Å². The van der Waals surface area contributed by atoms with Gasteiger partial charge in [-0.1, -0.05) is 0 Å². The van der Waals surface area contributed by atoms with Crippen molar-refractivity contribution in [1.29, 1.82) is 0 Å². The molecule has 27 heavy (non-hydrogen) atoms. The maximum absolute atomic E-state index is 12.4. The number of aromatic nitrogens is 2. The van der Waals surface area contributed by atoms with Crippen LogP contribution in [0.4, 0.5) is 5.00 Å². The third kappa shape index (κ3) is 4.31. The van der Waals surface area contributed by atoms with Gasteiger partial charge in [0.25, 0.3) is 11.8 Å². The molecule has 2 N–H and O–H groups in total. The van der Waals surface area contributed by atoms with Crippen LogP contribution in [0.3, 0.4) is 0 Å². The number of hydrogen-bond donors (Lipinski definition) is 2. The number of nitrogens with zero attached hydrogens (tertiary/aromatic N) is 3. The second-order valence-corrected chi connectivity index (χ2v) is 6.72. The molecule has 144 valence electrons. The molecule has 2 aromatic rings. The third-order valence-corrected chi connectivity index (χ3v) is 4.73. The van der Waals surface area contributed by atoms with Gasteiger partial charge in [0.05, 0.1) is 17.6 Å². The second kappa shape index (κ2) is 7.99. The summed E-state index contributed by atoms with van der Waals surface area (Å²) in [5.41, 5.74) is 0.460. The molecule has 0 aliphatic heterocycles. The van der Waals surface area contributed by atoms with Gasteiger partial charge in [-0.25, -0.2) is 4.79 Å². The number of esters is 1. The topological polar surface area (TPSA) is 131 Å². The van der Waals surface area contributed by atoms with Crippen LogP contribution in [0.2, 0.25) is 0 Å². The molecule has 0 aliphatic carbocycles. The molecule has 2 aromatic heterocycles. The number of carbonyl (C=O) groups excluding carboxylic acids is 3. The fourth-order valence-corrected chi connectivity index (χ4v) is 3.44. The molecule has 0 bridgehead atoms. The van der Waals surface area contributed by atoms with E-state index in [4.69, 9.17) is 9.84 Å². The summed E-state index contributed by atoms with van der Waals surface area (Å²) in [4.78, 5) is 49.2. The highest BCUT2D eigenvalue weighted by Gasteiger charge is 2.27. The maximum atomic E-state index is 12.4. The number of carboxylic acid groups (broad SMARTS) is 1. The first-order valence-corrected chi connectivity index (χ1v) is 8.47. The fourth-order valence-electron chi connectivity index (χ4n) is 2.23. The number of amides is 2. The number of anilines is 1. The quantitative estimate of drug-likeness (QED) is 0.701. The monoisotopic (exact) mass is 394 g/mol. The Morgan fingerprint density at radius 2 is 2.00 bits per heavy atom. The molecule has 0 aliphatic rings. The minimum Gasteiger partial charge on any atom is -0.480 e. The molecule has 2 amide bonds. The number of aliphatic carboxylic acids is 1. The summed E-state index contributed by atoms with van der Waals surface area (Å²) < 4.78 is 5.85. The van der Waals surface area contributed by atoms with E-state index in [0.717, 1.165) is 16.0 Å². The average Bonchev–Trinajstić information content (AvgIpc) is 3.17. The molecule has 0 spiro atoms. The van der Waals surface area contributed by atoms with E-state index in [-0.39, 0.29) is 28.7 Å². The summed E-state index contributed by atoms with van der Waals surface area (Å²) in [5.74, 6) is -2.74. The van der Waals surface area contributed by atoms with Crippen molar-refractivity contribution >= 4 is 40.1 Å². The SMILES string of the molecule is COC(=O)c1c(NC(=O)c2ccn(CC(=O)O)n2)sc(C(=O)N(C)C)c1C. The van der Waals surface area contributed by atoms with Crippen LogP contribution in [0.1, 0.15) is 36.1 Å². The van der Waals surface area contributed by atoms with Gasteiger partial charge in [0.15, 0.2) is 5.69 Å². The largest absolute Gasteiger partial charge is 0.480 e. The first-order chi connectivity index (χ1) is 12.6. The van der Waals surface area contributed by atoms with Crippen molar-refractivity contribution in [3.8, 4) is 0 Å². The van der Waals surface area contributed by atoms with Crippen molar-refractivity contribution in [3.05, 3.63) is 34.0 Å². The number of methoxy groups -OCH3 is 1. The van der Waals surface area contributed by atoms with E-state index in [9.17, 15) is 19.2 Å². The zero-order valence-electron chi connectivity index (χ0n) is 15.1. The van der Waals surface area contributed by atoms with Gasteiger partial charge in [0, 0.05) is 20.3 Å². The van der Waals surface area contributed by atoms with Gasteiger partial charge in [-0.05, 0) is 18.6 Å². The standard InChI is InChI=1S/C16H18N4O6S/c1-8-11(16(25)26-4)14(27-12(8)15(24)19(2)3)17-13(23)9-5-6-20(18-9)7-10(21)22/h5-6H,7H2,1-4H3,(H,17,23)(H,21,22). The van der Waals surface area contributed by atoms with Crippen molar-refractivity contribution in [2.75, 3.05) is 26.5 Å². The van der Waals surface area contributed by atoms with Gasteiger partial charge < -0.3 is 20.1 Å². The Kier molecular flexibility index (Phi) is 5.95. The molecule has 0 fully saturated rings. The highest BCUT2D eigenvalue weighted by Crippen LogP contribution is 2.34.